The molecule has 0 fully saturated rings. The minimum Gasteiger partial charge on any atom is -0.465 e. The first-order valence-corrected chi connectivity index (χ1v) is 6.44. The fraction of sp³-hybridized carbons (Fsp3) is 0.667. The van der Waals surface area contributed by atoms with E-state index in [2.05, 4.69) is 10.4 Å². The highest BCUT2D eigenvalue weighted by Gasteiger charge is 2.21. The summed E-state index contributed by atoms with van der Waals surface area (Å²) < 4.78 is 6.70. The third kappa shape index (κ3) is 4.31. The average molecular weight is 274 g/mol. The lowest BCUT2D eigenvalue weighted by molar-refractivity contribution is -0.146. The van der Waals surface area contributed by atoms with Crippen molar-refractivity contribution in [3.05, 3.63) is 16.9 Å². The third-order valence-corrected chi connectivity index (χ3v) is 2.73. The summed E-state index contributed by atoms with van der Waals surface area (Å²) in [6, 6.07) is -0.230. The SMILES string of the molecule is CCOC(=O)C(Cn1cc(Cl)c(C)n1)NC(C)C. The fourth-order valence-corrected chi connectivity index (χ4v) is 1.77. The molecule has 0 aliphatic heterocycles. The Morgan fingerprint density at radius 2 is 2.28 bits per heavy atom. The molecule has 1 unspecified atom stereocenters. The van der Waals surface area contributed by atoms with E-state index in [1.54, 1.807) is 17.8 Å². The third-order valence-electron chi connectivity index (χ3n) is 2.36. The molecule has 0 aromatic carbocycles. The van der Waals surface area contributed by atoms with Crippen LogP contribution in [0.1, 0.15) is 26.5 Å². The van der Waals surface area contributed by atoms with Gasteiger partial charge in [-0.1, -0.05) is 25.4 Å². The summed E-state index contributed by atoms with van der Waals surface area (Å²) in [5, 5.41) is 8.00. The largest absolute Gasteiger partial charge is 0.465 e. The Morgan fingerprint density at radius 1 is 1.61 bits per heavy atom. The minimum absolute atomic E-state index is 0.187. The predicted octanol–water partition coefficient (Wildman–Crippen LogP) is 1.77. The number of aryl methyl sites for hydroxylation is 1. The standard InChI is InChI=1S/C12H20ClN3O2/c1-5-18-12(17)11(14-8(2)3)7-16-6-10(13)9(4)15-16/h6,8,11,14H,5,7H2,1-4H3. The van der Waals surface area contributed by atoms with Gasteiger partial charge in [0, 0.05) is 12.2 Å². The number of hydrogen-bond donors (Lipinski definition) is 1. The van der Waals surface area contributed by atoms with Crippen LogP contribution in [0.5, 0.6) is 0 Å². The molecule has 1 aromatic rings. The molecule has 102 valence electrons. The van der Waals surface area contributed by atoms with Crippen molar-refractivity contribution in [3.63, 3.8) is 0 Å². The van der Waals surface area contributed by atoms with E-state index < -0.39 is 6.04 Å². The maximum absolute atomic E-state index is 11.8. The first-order valence-electron chi connectivity index (χ1n) is 6.06. The summed E-state index contributed by atoms with van der Waals surface area (Å²) >= 11 is 5.94. The molecule has 0 spiro atoms. The van der Waals surface area contributed by atoms with Crippen LogP contribution in [0.25, 0.3) is 0 Å². The Kier molecular flexibility index (Phi) is 5.62. The van der Waals surface area contributed by atoms with Crippen LogP contribution in [0.4, 0.5) is 0 Å². The second kappa shape index (κ2) is 6.75. The number of esters is 1. The van der Waals surface area contributed by atoms with Gasteiger partial charge in [-0.15, -0.1) is 0 Å². The molecule has 5 nitrogen and oxygen atoms in total. The van der Waals surface area contributed by atoms with Gasteiger partial charge in [0.2, 0.25) is 0 Å². The minimum atomic E-state index is -0.416. The van der Waals surface area contributed by atoms with Gasteiger partial charge in [0.25, 0.3) is 0 Å². The Balaban J connectivity index is 2.74. The second-order valence-corrected chi connectivity index (χ2v) is 4.82. The van der Waals surface area contributed by atoms with Crippen molar-refractivity contribution in [1.82, 2.24) is 15.1 Å². The molecule has 0 aliphatic carbocycles. The number of nitrogens with zero attached hydrogens (tertiary/aromatic N) is 2. The summed E-state index contributed by atoms with van der Waals surface area (Å²) in [4.78, 5) is 11.8. The molecule has 1 aromatic heterocycles. The van der Waals surface area contributed by atoms with Crippen LogP contribution in [-0.4, -0.2) is 34.4 Å². The maximum atomic E-state index is 11.8. The molecule has 1 rings (SSSR count). The zero-order valence-corrected chi connectivity index (χ0v) is 12.0. The van der Waals surface area contributed by atoms with Crippen molar-refractivity contribution in [1.29, 1.82) is 0 Å². The van der Waals surface area contributed by atoms with Crippen LogP contribution in [0, 0.1) is 6.92 Å². The summed E-state index contributed by atoms with van der Waals surface area (Å²) in [5.74, 6) is -0.268. The zero-order valence-electron chi connectivity index (χ0n) is 11.2. The van der Waals surface area contributed by atoms with Gasteiger partial charge in [0.1, 0.15) is 6.04 Å². The first kappa shape index (κ1) is 15.0. The van der Waals surface area contributed by atoms with Crippen LogP contribution in [0.15, 0.2) is 6.20 Å². The van der Waals surface area contributed by atoms with Gasteiger partial charge < -0.3 is 10.1 Å². The topological polar surface area (TPSA) is 56.2 Å². The molecule has 0 amide bonds. The van der Waals surface area contributed by atoms with E-state index in [0.29, 0.717) is 18.2 Å². The highest BCUT2D eigenvalue weighted by atomic mass is 35.5. The van der Waals surface area contributed by atoms with E-state index in [4.69, 9.17) is 16.3 Å². The molecule has 1 N–H and O–H groups in total. The number of rotatable bonds is 6. The quantitative estimate of drug-likeness (QED) is 0.803. The maximum Gasteiger partial charge on any atom is 0.325 e. The fourth-order valence-electron chi connectivity index (χ4n) is 1.61. The molecule has 0 aliphatic rings. The lowest BCUT2D eigenvalue weighted by atomic mass is 10.2. The predicted molar refractivity (Wildman–Crippen MR) is 70.7 cm³/mol. The van der Waals surface area contributed by atoms with Gasteiger partial charge >= 0.3 is 5.97 Å². The Bertz CT molecular complexity index is 385. The molecule has 18 heavy (non-hydrogen) atoms. The molecule has 0 saturated heterocycles. The first-order chi connectivity index (χ1) is 8.43. The van der Waals surface area contributed by atoms with Gasteiger partial charge in [-0.2, -0.15) is 5.10 Å². The molecular weight excluding hydrogens is 254 g/mol. The van der Waals surface area contributed by atoms with Gasteiger partial charge in [-0.3, -0.25) is 9.48 Å². The highest BCUT2D eigenvalue weighted by molar-refractivity contribution is 6.31. The van der Waals surface area contributed by atoms with E-state index in [0.717, 1.165) is 5.69 Å². The van der Waals surface area contributed by atoms with E-state index >= 15 is 0 Å². The summed E-state index contributed by atoms with van der Waals surface area (Å²) in [7, 11) is 0. The van der Waals surface area contributed by atoms with Crippen molar-refractivity contribution in [3.8, 4) is 0 Å². The number of carbonyl (C=O) groups excluding carboxylic acids is 1. The molecule has 1 atom stereocenters. The molecule has 0 radical (unpaired) electrons. The van der Waals surface area contributed by atoms with E-state index in [9.17, 15) is 4.79 Å². The van der Waals surface area contributed by atoms with Crippen molar-refractivity contribution in [2.45, 2.75) is 46.3 Å². The normalized spacial score (nSPS) is 12.8. The summed E-state index contributed by atoms with van der Waals surface area (Å²) in [5.41, 5.74) is 0.754. The van der Waals surface area contributed by atoms with E-state index in [1.807, 2.05) is 20.8 Å². The number of halogens is 1. The van der Waals surface area contributed by atoms with Gasteiger partial charge in [0.15, 0.2) is 0 Å². The molecule has 0 saturated carbocycles. The van der Waals surface area contributed by atoms with Gasteiger partial charge in [-0.25, -0.2) is 0 Å². The number of carbonyl (C=O) groups is 1. The van der Waals surface area contributed by atoms with Crippen LogP contribution in [-0.2, 0) is 16.1 Å². The van der Waals surface area contributed by atoms with Crippen molar-refractivity contribution >= 4 is 17.6 Å². The number of ether oxygens (including phenoxy) is 1. The zero-order chi connectivity index (χ0) is 13.7. The van der Waals surface area contributed by atoms with E-state index in [1.165, 1.54) is 0 Å². The smallest absolute Gasteiger partial charge is 0.325 e. The van der Waals surface area contributed by atoms with Gasteiger partial charge in [-0.05, 0) is 13.8 Å². The number of aromatic nitrogens is 2. The Hall–Kier alpha value is -1.07. The Morgan fingerprint density at radius 3 is 2.72 bits per heavy atom. The number of hydrogen-bond acceptors (Lipinski definition) is 4. The Labute approximate surface area is 112 Å². The second-order valence-electron chi connectivity index (χ2n) is 4.41. The molecule has 6 heteroatoms. The lowest BCUT2D eigenvalue weighted by Crippen LogP contribution is -2.44. The van der Waals surface area contributed by atoms with E-state index in [-0.39, 0.29) is 12.0 Å². The van der Waals surface area contributed by atoms with Gasteiger partial charge in [0.05, 0.1) is 23.9 Å². The monoisotopic (exact) mass is 273 g/mol. The molecular formula is C12H20ClN3O2. The lowest BCUT2D eigenvalue weighted by Gasteiger charge is -2.19. The van der Waals surface area contributed by atoms with Crippen LogP contribution in [0.2, 0.25) is 5.02 Å². The molecule has 1 heterocycles. The molecule has 0 bridgehead atoms. The van der Waals surface area contributed by atoms with Crippen LogP contribution in [0.3, 0.4) is 0 Å². The number of nitrogens with one attached hydrogen (secondary N) is 1. The van der Waals surface area contributed by atoms with Crippen LogP contribution >= 0.6 is 11.6 Å². The van der Waals surface area contributed by atoms with Crippen molar-refractivity contribution in [2.24, 2.45) is 0 Å². The average Bonchev–Trinajstić information content (AvgIpc) is 2.57. The summed E-state index contributed by atoms with van der Waals surface area (Å²) in [6.45, 7) is 8.35. The highest BCUT2D eigenvalue weighted by Crippen LogP contribution is 2.12. The summed E-state index contributed by atoms with van der Waals surface area (Å²) in [6.07, 6.45) is 1.71. The van der Waals surface area contributed by atoms with Crippen molar-refractivity contribution in [2.75, 3.05) is 6.61 Å². The van der Waals surface area contributed by atoms with Crippen molar-refractivity contribution < 1.29 is 9.53 Å². The van der Waals surface area contributed by atoms with Crippen LogP contribution < -0.4 is 5.32 Å².